The molecule has 1 aromatic rings. The van der Waals surface area contributed by atoms with Gasteiger partial charge in [-0.15, -0.1) is 0 Å². The Balaban J connectivity index is 2.70. The highest BCUT2D eigenvalue weighted by atomic mass is 19.1. The van der Waals surface area contributed by atoms with Crippen LogP contribution in [0.3, 0.4) is 0 Å². The van der Waals surface area contributed by atoms with Crippen molar-refractivity contribution in [3.05, 3.63) is 29.6 Å². The molecular weight excluding hydrogens is 243 g/mol. The Hall–Kier alpha value is -1.13. The van der Waals surface area contributed by atoms with Gasteiger partial charge in [0.2, 0.25) is 0 Å². The van der Waals surface area contributed by atoms with Gasteiger partial charge in [-0.1, -0.05) is 6.07 Å². The minimum Gasteiger partial charge on any atom is -0.496 e. The molecule has 0 aromatic heterocycles. The Morgan fingerprint density at radius 3 is 2.58 bits per heavy atom. The zero-order valence-electron chi connectivity index (χ0n) is 12.5. The Morgan fingerprint density at radius 1 is 1.32 bits per heavy atom. The van der Waals surface area contributed by atoms with Gasteiger partial charge in [0.1, 0.15) is 11.6 Å². The van der Waals surface area contributed by atoms with E-state index in [1.165, 1.54) is 6.07 Å². The van der Waals surface area contributed by atoms with Crippen LogP contribution in [0.5, 0.6) is 5.75 Å². The number of nitrogens with zero attached hydrogens (tertiary/aromatic N) is 1. The quantitative estimate of drug-likeness (QED) is 0.823. The van der Waals surface area contributed by atoms with Gasteiger partial charge < -0.3 is 15.0 Å². The van der Waals surface area contributed by atoms with Crippen molar-refractivity contribution in [3.63, 3.8) is 0 Å². The van der Waals surface area contributed by atoms with E-state index in [2.05, 4.69) is 31.2 Å². The summed E-state index contributed by atoms with van der Waals surface area (Å²) in [7, 11) is 5.67. The van der Waals surface area contributed by atoms with Gasteiger partial charge in [-0.3, -0.25) is 0 Å². The summed E-state index contributed by atoms with van der Waals surface area (Å²) in [5, 5.41) is 3.42. The highest BCUT2D eigenvalue weighted by molar-refractivity contribution is 5.36. The molecular formula is C15H25FN2O. The molecule has 2 unspecified atom stereocenters. The summed E-state index contributed by atoms with van der Waals surface area (Å²) in [4.78, 5) is 2.15. The first-order chi connectivity index (χ1) is 8.95. The molecule has 0 bridgehead atoms. The SMILES string of the molecule is COc1cccc(F)c1C(C)NC(C)CCN(C)C. The fraction of sp³-hybridized carbons (Fsp3) is 0.600. The molecule has 1 aromatic carbocycles. The molecule has 0 aliphatic carbocycles. The summed E-state index contributed by atoms with van der Waals surface area (Å²) in [6.07, 6.45) is 1.02. The molecule has 0 amide bonds. The third kappa shape index (κ3) is 4.80. The van der Waals surface area contributed by atoms with E-state index in [0.29, 0.717) is 17.4 Å². The third-order valence-electron chi connectivity index (χ3n) is 3.21. The number of ether oxygens (including phenoxy) is 1. The van der Waals surface area contributed by atoms with Crippen molar-refractivity contribution in [2.45, 2.75) is 32.4 Å². The van der Waals surface area contributed by atoms with Crippen molar-refractivity contribution < 1.29 is 9.13 Å². The Labute approximate surface area is 115 Å². The Kier molecular flexibility index (Phi) is 6.25. The van der Waals surface area contributed by atoms with E-state index in [-0.39, 0.29) is 11.9 Å². The number of nitrogens with one attached hydrogen (secondary N) is 1. The summed E-state index contributed by atoms with van der Waals surface area (Å²) in [6, 6.07) is 5.18. The third-order valence-corrected chi connectivity index (χ3v) is 3.21. The lowest BCUT2D eigenvalue weighted by molar-refractivity contribution is 0.346. The van der Waals surface area contributed by atoms with Crippen LogP contribution in [0, 0.1) is 5.82 Å². The van der Waals surface area contributed by atoms with Crippen molar-refractivity contribution in [2.75, 3.05) is 27.7 Å². The topological polar surface area (TPSA) is 24.5 Å². The number of rotatable bonds is 7. The molecule has 0 spiro atoms. The first-order valence-electron chi connectivity index (χ1n) is 6.69. The van der Waals surface area contributed by atoms with Crippen molar-refractivity contribution in [1.29, 1.82) is 0 Å². The van der Waals surface area contributed by atoms with E-state index in [1.807, 2.05) is 6.92 Å². The van der Waals surface area contributed by atoms with Crippen LogP contribution in [0.1, 0.15) is 31.9 Å². The van der Waals surface area contributed by atoms with Crippen molar-refractivity contribution >= 4 is 0 Å². The molecule has 1 rings (SSSR count). The van der Waals surface area contributed by atoms with Crippen molar-refractivity contribution in [2.24, 2.45) is 0 Å². The molecule has 1 N–H and O–H groups in total. The zero-order chi connectivity index (χ0) is 14.4. The van der Waals surface area contributed by atoms with E-state index in [1.54, 1.807) is 19.2 Å². The predicted octanol–water partition coefficient (Wildman–Crippen LogP) is 2.83. The predicted molar refractivity (Wildman–Crippen MR) is 77.1 cm³/mol. The first-order valence-corrected chi connectivity index (χ1v) is 6.69. The van der Waals surface area contributed by atoms with Crippen LogP contribution < -0.4 is 10.1 Å². The van der Waals surface area contributed by atoms with Crippen molar-refractivity contribution in [1.82, 2.24) is 10.2 Å². The number of hydrogen-bond acceptors (Lipinski definition) is 3. The average Bonchev–Trinajstić information content (AvgIpc) is 2.35. The van der Waals surface area contributed by atoms with Gasteiger partial charge in [-0.25, -0.2) is 4.39 Å². The molecule has 0 fully saturated rings. The van der Waals surface area contributed by atoms with E-state index in [4.69, 9.17) is 4.74 Å². The van der Waals surface area contributed by atoms with E-state index >= 15 is 0 Å². The van der Waals surface area contributed by atoms with Gasteiger partial charge in [0.15, 0.2) is 0 Å². The van der Waals surface area contributed by atoms with Gasteiger partial charge in [0.25, 0.3) is 0 Å². The monoisotopic (exact) mass is 268 g/mol. The fourth-order valence-corrected chi connectivity index (χ4v) is 2.16. The molecule has 0 aliphatic heterocycles. The summed E-state index contributed by atoms with van der Waals surface area (Å²) < 4.78 is 19.2. The minimum atomic E-state index is -0.223. The Bertz CT molecular complexity index is 396. The molecule has 0 aliphatic rings. The van der Waals surface area contributed by atoms with Crippen LogP contribution in [-0.4, -0.2) is 38.7 Å². The number of halogens is 1. The summed E-state index contributed by atoms with van der Waals surface area (Å²) >= 11 is 0. The summed E-state index contributed by atoms with van der Waals surface area (Å²) in [5.74, 6) is 0.374. The number of benzene rings is 1. The standard InChI is InChI=1S/C15H25FN2O/c1-11(9-10-18(3)4)17-12(2)15-13(16)7-6-8-14(15)19-5/h6-8,11-12,17H,9-10H2,1-5H3. The number of methoxy groups -OCH3 is 1. The lowest BCUT2D eigenvalue weighted by atomic mass is 10.0. The van der Waals surface area contributed by atoms with Crippen LogP contribution in [0.4, 0.5) is 4.39 Å². The second-order valence-electron chi connectivity index (χ2n) is 5.24. The Morgan fingerprint density at radius 2 is 2.00 bits per heavy atom. The maximum atomic E-state index is 13.9. The van der Waals surface area contributed by atoms with Gasteiger partial charge >= 0.3 is 0 Å². The van der Waals surface area contributed by atoms with Gasteiger partial charge in [-0.2, -0.15) is 0 Å². The smallest absolute Gasteiger partial charge is 0.131 e. The lowest BCUT2D eigenvalue weighted by Crippen LogP contribution is -2.32. The van der Waals surface area contributed by atoms with E-state index < -0.39 is 0 Å². The highest BCUT2D eigenvalue weighted by Gasteiger charge is 2.17. The first kappa shape index (κ1) is 15.9. The van der Waals surface area contributed by atoms with Crippen LogP contribution in [-0.2, 0) is 0 Å². The largest absolute Gasteiger partial charge is 0.496 e. The molecule has 0 heterocycles. The second kappa shape index (κ2) is 7.46. The van der Waals surface area contributed by atoms with Gasteiger partial charge in [-0.05, 0) is 53.0 Å². The molecule has 3 nitrogen and oxygen atoms in total. The zero-order valence-corrected chi connectivity index (χ0v) is 12.5. The maximum absolute atomic E-state index is 13.9. The lowest BCUT2D eigenvalue weighted by Gasteiger charge is -2.23. The average molecular weight is 268 g/mol. The van der Waals surface area contributed by atoms with Crippen molar-refractivity contribution in [3.8, 4) is 5.75 Å². The van der Waals surface area contributed by atoms with Crippen LogP contribution in [0.25, 0.3) is 0 Å². The molecule has 2 atom stereocenters. The normalized spacial score (nSPS) is 14.5. The van der Waals surface area contributed by atoms with Crippen LogP contribution in [0.15, 0.2) is 18.2 Å². The molecule has 19 heavy (non-hydrogen) atoms. The minimum absolute atomic E-state index is 0.0756. The molecule has 4 heteroatoms. The van der Waals surface area contributed by atoms with E-state index in [0.717, 1.165) is 13.0 Å². The molecule has 0 saturated heterocycles. The highest BCUT2D eigenvalue weighted by Crippen LogP contribution is 2.27. The fourth-order valence-electron chi connectivity index (χ4n) is 2.16. The van der Waals surface area contributed by atoms with Crippen LogP contribution >= 0.6 is 0 Å². The number of hydrogen-bond donors (Lipinski definition) is 1. The summed E-state index contributed by atoms with van der Waals surface area (Å²) in [5.41, 5.74) is 0.599. The molecule has 0 saturated carbocycles. The maximum Gasteiger partial charge on any atom is 0.131 e. The summed E-state index contributed by atoms with van der Waals surface area (Å²) in [6.45, 7) is 5.09. The van der Waals surface area contributed by atoms with Gasteiger partial charge in [0.05, 0.1) is 7.11 Å². The van der Waals surface area contributed by atoms with E-state index in [9.17, 15) is 4.39 Å². The van der Waals surface area contributed by atoms with Crippen LogP contribution in [0.2, 0.25) is 0 Å². The second-order valence-corrected chi connectivity index (χ2v) is 5.24. The van der Waals surface area contributed by atoms with Gasteiger partial charge in [0, 0.05) is 17.6 Å². The molecule has 108 valence electrons. The molecule has 0 radical (unpaired) electrons.